The normalized spacial score (nSPS) is 24.8. The van der Waals surface area contributed by atoms with Gasteiger partial charge in [-0.05, 0) is 26.2 Å². The molecule has 0 aromatic carbocycles. The van der Waals surface area contributed by atoms with E-state index < -0.39 is 60.1 Å². The highest BCUT2D eigenvalue weighted by Gasteiger charge is 2.49. The third-order valence-electron chi connectivity index (χ3n) is 16.6. The van der Waals surface area contributed by atoms with Crippen LogP contribution in [0, 0.1) is 44.3 Å². The Morgan fingerprint density at radius 2 is 0.716 bits per heavy atom. The van der Waals surface area contributed by atoms with E-state index in [1.165, 1.54) is 12.2 Å². The van der Waals surface area contributed by atoms with Gasteiger partial charge in [0.2, 0.25) is 0 Å². The van der Waals surface area contributed by atoms with Gasteiger partial charge in [-0.3, -0.25) is 19.2 Å². The third-order valence-corrected chi connectivity index (χ3v) is 16.6. The van der Waals surface area contributed by atoms with Crippen LogP contribution in [-0.2, 0) is 105 Å². The predicted octanol–water partition coefficient (Wildman–Crippen LogP) is 14.7. The molecule has 606 valence electrons. The van der Waals surface area contributed by atoms with Gasteiger partial charge in [0.25, 0.3) is 0 Å². The smallest absolute Gasteiger partial charge is 0.338 e. The van der Waals surface area contributed by atoms with Crippen LogP contribution in [0.4, 0.5) is 0 Å². The van der Waals surface area contributed by atoms with E-state index in [0.29, 0.717) is 92.3 Å². The van der Waals surface area contributed by atoms with E-state index in [1.807, 2.05) is 132 Å². The first-order chi connectivity index (χ1) is 50.3. The van der Waals surface area contributed by atoms with Crippen molar-refractivity contribution in [2.24, 2.45) is 44.3 Å². The van der Waals surface area contributed by atoms with Crippen molar-refractivity contribution in [2.75, 3.05) is 26.4 Å². The van der Waals surface area contributed by atoms with Gasteiger partial charge in [0.15, 0.2) is 48.2 Å². The fraction of sp³-hybridized carbons (Fsp3) is 0.553. The number of hydrogen-bond donors (Lipinski definition) is 2. The molecule has 4 saturated heterocycles. The van der Waals surface area contributed by atoms with Crippen LogP contribution in [0.1, 0.15) is 171 Å². The Morgan fingerprint density at radius 3 is 0.963 bits per heavy atom. The molecule has 2 N–H and O–H groups in total. The van der Waals surface area contributed by atoms with Crippen molar-refractivity contribution in [1.82, 2.24) is 0 Å². The standard InChI is InChI=1S/2C12H18O3.4C11H16O3.C9H12O3.C8H10O3/c2*1-6-7-14-9-8(2)11(13)15-10(9)12(3,4)5;2*1-5-6-13-8-7-9(12)14-10(8)11(2,3)4;2*1-5-6-7-8(12)9(11(2,3)4)14-10(7)13;1-3-5-6-8(10)7(4-2)12-9(6)11;1-3-4-6-7(9)5(2)11-8(6)10/h2*6,9-10H,1-2,7H2,3-5H3;2*5,7,10H,1,6H2,2-4H3;2*5,9,12H,1,6H2,2-4H3;3,6-7H,1,4-5H2,2H3;3,5-6H,1,4H2,2H3/t2*9?,10-;2*10-;2*9-;6-,7+;5-,6+/m10101001/s1. The minimum absolute atomic E-state index is 0.0578. The van der Waals surface area contributed by atoms with Crippen molar-refractivity contribution >= 4 is 59.3 Å². The zero-order chi connectivity index (χ0) is 84.2. The lowest BCUT2D eigenvalue weighted by atomic mass is 9.85. The second kappa shape index (κ2) is 43.1. The maximum absolute atomic E-state index is 11.4. The maximum Gasteiger partial charge on any atom is 0.338 e. The van der Waals surface area contributed by atoms with Crippen molar-refractivity contribution < 1.29 is 115 Å². The summed E-state index contributed by atoms with van der Waals surface area (Å²) in [5.74, 6) is -3.14. The van der Waals surface area contributed by atoms with Crippen LogP contribution in [0.15, 0.2) is 172 Å². The average Bonchev–Trinajstić information content (AvgIpc) is 1.67. The molecule has 0 amide bonds. The molecule has 12 atom stereocenters. The number of Topliss-reactive ketones (excluding diaryl/α,β-unsaturated/α-hetero) is 2. The van der Waals surface area contributed by atoms with Crippen LogP contribution in [0.2, 0.25) is 0 Å². The van der Waals surface area contributed by atoms with Crippen molar-refractivity contribution in [3.8, 4) is 0 Å². The molecule has 0 bridgehead atoms. The van der Waals surface area contributed by atoms with E-state index in [0.717, 1.165) is 0 Å². The molecule has 0 aromatic heterocycles. The summed E-state index contributed by atoms with van der Waals surface area (Å²) in [6.07, 6.45) is 13.8. The molecular weight excluding hydrogens is 1400 g/mol. The highest BCUT2D eigenvalue weighted by molar-refractivity contribution is 6.07. The molecule has 0 radical (unpaired) electrons. The molecule has 24 heteroatoms. The summed E-state index contributed by atoms with van der Waals surface area (Å²) in [7, 11) is 0. The molecule has 0 aromatic rings. The number of allylic oxidation sites excluding steroid dienone is 4. The zero-order valence-electron chi connectivity index (χ0n) is 68.0. The number of rotatable bonds is 21. The van der Waals surface area contributed by atoms with Crippen molar-refractivity contribution in [1.29, 1.82) is 0 Å². The van der Waals surface area contributed by atoms with Gasteiger partial charge in [0, 0.05) is 45.3 Å². The molecule has 0 aliphatic carbocycles. The van der Waals surface area contributed by atoms with Gasteiger partial charge in [-0.25, -0.2) is 28.8 Å². The predicted molar refractivity (Wildman–Crippen MR) is 414 cm³/mol. The van der Waals surface area contributed by atoms with Crippen molar-refractivity contribution in [2.45, 2.75) is 232 Å². The number of aliphatic hydroxyl groups excluding tert-OH is 2. The largest absolute Gasteiger partial charge is 0.508 e. The quantitative estimate of drug-likeness (QED) is 0.0354. The van der Waals surface area contributed by atoms with Crippen LogP contribution in [0.25, 0.3) is 0 Å². The van der Waals surface area contributed by atoms with E-state index in [-0.39, 0.29) is 116 Å². The topological polar surface area (TPSA) is 322 Å². The molecule has 0 saturated carbocycles. The molecular formula is C85H122O24. The van der Waals surface area contributed by atoms with Crippen molar-refractivity contribution in [3.63, 3.8) is 0 Å². The van der Waals surface area contributed by atoms with Crippen LogP contribution in [0.5, 0.6) is 0 Å². The first-order valence-electron chi connectivity index (χ1n) is 36.0. The van der Waals surface area contributed by atoms with Gasteiger partial charge in [-0.15, -0.1) is 39.5 Å². The Hall–Kier alpha value is -9.42. The Morgan fingerprint density at radius 1 is 0.394 bits per heavy atom. The Bertz CT molecular complexity index is 3310. The lowest BCUT2D eigenvalue weighted by molar-refractivity contribution is -0.146. The Balaban J connectivity index is 0.000000624. The minimum atomic E-state index is -0.595. The average molecular weight is 1530 g/mol. The number of esters is 8. The molecule has 0 spiro atoms. The van der Waals surface area contributed by atoms with E-state index >= 15 is 0 Å². The van der Waals surface area contributed by atoms with Crippen molar-refractivity contribution in [3.05, 3.63) is 172 Å². The first kappa shape index (κ1) is 97.6. The highest BCUT2D eigenvalue weighted by atomic mass is 16.6. The second-order valence-electron chi connectivity index (χ2n) is 32.6. The zero-order valence-corrected chi connectivity index (χ0v) is 68.0. The number of carbonyl (C=O) groups excluding carboxylic acids is 10. The summed E-state index contributed by atoms with van der Waals surface area (Å²) in [5, 5.41) is 19.5. The van der Waals surface area contributed by atoms with Gasteiger partial charge in [-0.2, -0.15) is 0 Å². The first-order valence-corrected chi connectivity index (χ1v) is 36.0. The Kier molecular flexibility index (Phi) is 38.6. The summed E-state index contributed by atoms with van der Waals surface area (Å²) in [5.41, 5.74) is 0.333. The number of cyclic esters (lactones) is 8. The van der Waals surface area contributed by atoms with E-state index in [9.17, 15) is 58.2 Å². The SMILES string of the molecule is C=CCC1=C(O)[C@@H](C(C)(C)C)OC1=O.C=CCC1=C(O)[C@H](C(C)(C)C)OC1=O.C=CCOC1=CC(=O)O[C@@H]1C(C)(C)C.C=CCOC1=CC(=O)O[C@H]1C(C)(C)C.C=CCOC1C(=C)C(=O)O[C@@H]1C(C)(C)C.C=CCOC1C(=C)C(=O)O[C@H]1C(C)(C)C.C=CC[C@@H]1C(=O)O[C@H](C)C1=O.C=CC[C@@H]1C(=O)O[C@H](CC)C1=O. The lowest BCUT2D eigenvalue weighted by Crippen LogP contribution is -2.37. The number of carbonyl (C=O) groups is 10. The van der Waals surface area contributed by atoms with Gasteiger partial charge in [0.05, 0.1) is 47.7 Å². The molecule has 8 aliphatic heterocycles. The van der Waals surface area contributed by atoms with Crippen LogP contribution < -0.4 is 0 Å². The number of ketones is 2. The fourth-order valence-electron chi connectivity index (χ4n) is 10.8. The van der Waals surface area contributed by atoms with Gasteiger partial charge >= 0.3 is 47.8 Å². The van der Waals surface area contributed by atoms with Gasteiger partial charge in [-0.1, -0.05) is 206 Å². The van der Waals surface area contributed by atoms with Crippen LogP contribution in [0.3, 0.4) is 0 Å². The second-order valence-corrected chi connectivity index (χ2v) is 32.6. The lowest BCUT2D eigenvalue weighted by Gasteiger charge is -2.29. The highest BCUT2D eigenvalue weighted by Crippen LogP contribution is 2.40. The summed E-state index contributed by atoms with van der Waals surface area (Å²) < 4.78 is 62.3. The van der Waals surface area contributed by atoms with E-state index in [1.54, 1.807) is 55.5 Å². The molecule has 4 fully saturated rings. The molecule has 24 nitrogen and oxygen atoms in total. The van der Waals surface area contributed by atoms with Gasteiger partial charge < -0.3 is 67.1 Å². The summed E-state index contributed by atoms with van der Waals surface area (Å²) >= 11 is 0. The van der Waals surface area contributed by atoms with Gasteiger partial charge in [0.1, 0.15) is 72.5 Å². The molecule has 8 rings (SSSR count). The summed E-state index contributed by atoms with van der Waals surface area (Å²) in [6.45, 7) is 76.2. The number of hydrogen-bond acceptors (Lipinski definition) is 24. The van der Waals surface area contributed by atoms with E-state index in [4.69, 9.17) is 56.8 Å². The minimum Gasteiger partial charge on any atom is -0.508 e. The number of ether oxygens (including phenoxy) is 12. The molecule has 2 unspecified atom stereocenters. The monoisotopic (exact) mass is 1530 g/mol. The molecule has 8 heterocycles. The molecule has 8 aliphatic rings. The van der Waals surface area contributed by atoms with E-state index in [2.05, 4.69) is 65.8 Å². The van der Waals surface area contributed by atoms with Crippen LogP contribution in [-0.4, -0.2) is 157 Å². The number of aliphatic hydroxyl groups is 2. The Labute approximate surface area is 645 Å². The fourth-order valence-corrected chi connectivity index (χ4v) is 10.8. The maximum atomic E-state index is 11.4. The summed E-state index contributed by atoms with van der Waals surface area (Å²) in [4.78, 5) is 112. The molecule has 109 heavy (non-hydrogen) atoms. The third kappa shape index (κ3) is 29.5. The summed E-state index contributed by atoms with van der Waals surface area (Å²) in [6, 6.07) is 0. The van der Waals surface area contributed by atoms with Crippen LogP contribution >= 0.6 is 0 Å².